The van der Waals surface area contributed by atoms with Gasteiger partial charge >= 0.3 is 12.1 Å². The smallest absolute Gasteiger partial charge is 0.389 e. The van der Waals surface area contributed by atoms with Crippen LogP contribution < -0.4 is 5.32 Å². The summed E-state index contributed by atoms with van der Waals surface area (Å²) in [6, 6.07) is 1.92. The van der Waals surface area contributed by atoms with Gasteiger partial charge in [-0.3, -0.25) is 0 Å². The Bertz CT molecular complexity index is 487. The van der Waals surface area contributed by atoms with Crippen molar-refractivity contribution < 1.29 is 31.9 Å². The number of hydrogen-bond donors (Lipinski definition) is 2. The molecule has 0 spiro atoms. The van der Waals surface area contributed by atoms with Crippen molar-refractivity contribution in [3.05, 3.63) is 29.3 Å². The van der Waals surface area contributed by atoms with Crippen LogP contribution >= 0.6 is 0 Å². The normalized spacial score (nSPS) is 11.4. The first-order valence-electron chi connectivity index (χ1n) is 5.74. The van der Waals surface area contributed by atoms with Crippen LogP contribution in [-0.4, -0.2) is 23.8 Å². The number of unbranched alkanes of at least 4 members (excludes halogenated alkanes) is 1. The Labute approximate surface area is 111 Å². The topological polar surface area (TPSA) is 49.3 Å². The van der Waals surface area contributed by atoms with Crippen molar-refractivity contribution in [3.8, 4) is 0 Å². The van der Waals surface area contributed by atoms with Gasteiger partial charge in [0.05, 0.1) is 11.3 Å². The van der Waals surface area contributed by atoms with E-state index in [0.29, 0.717) is 0 Å². The maximum Gasteiger partial charge on any atom is 0.389 e. The van der Waals surface area contributed by atoms with Crippen molar-refractivity contribution in [1.29, 1.82) is 0 Å². The minimum Gasteiger partial charge on any atom is -0.478 e. The molecule has 0 atom stereocenters. The molecular weight excluding hydrogens is 285 g/mol. The Hall–Kier alpha value is -1.86. The number of aromatic carboxylic acids is 1. The number of nitrogens with one attached hydrogen (secondary N) is 1. The van der Waals surface area contributed by atoms with E-state index in [4.69, 9.17) is 5.11 Å². The molecule has 0 saturated carbocycles. The third kappa shape index (κ3) is 4.67. The van der Waals surface area contributed by atoms with Gasteiger partial charge in [-0.2, -0.15) is 13.2 Å². The van der Waals surface area contributed by atoms with Crippen LogP contribution in [0.1, 0.15) is 29.6 Å². The maximum atomic E-state index is 13.4. The molecule has 0 aliphatic carbocycles. The number of carboxylic acids is 1. The largest absolute Gasteiger partial charge is 0.478 e. The van der Waals surface area contributed by atoms with Crippen LogP contribution in [0.3, 0.4) is 0 Å². The number of carbonyl (C=O) groups is 1. The third-order valence-corrected chi connectivity index (χ3v) is 2.52. The highest BCUT2D eigenvalue weighted by molar-refractivity contribution is 5.88. The maximum absolute atomic E-state index is 13.4. The van der Waals surface area contributed by atoms with Gasteiger partial charge in [-0.1, -0.05) is 0 Å². The van der Waals surface area contributed by atoms with Gasteiger partial charge in [0, 0.05) is 13.0 Å². The lowest BCUT2D eigenvalue weighted by Crippen LogP contribution is -2.10. The van der Waals surface area contributed by atoms with E-state index in [1.54, 1.807) is 0 Å². The highest BCUT2D eigenvalue weighted by atomic mass is 19.4. The molecule has 1 aromatic rings. The molecule has 0 saturated heterocycles. The van der Waals surface area contributed by atoms with Crippen molar-refractivity contribution >= 4 is 11.7 Å². The van der Waals surface area contributed by atoms with E-state index in [0.717, 1.165) is 12.1 Å². The van der Waals surface area contributed by atoms with Gasteiger partial charge < -0.3 is 10.4 Å². The van der Waals surface area contributed by atoms with Crippen LogP contribution in [0, 0.1) is 11.6 Å². The van der Waals surface area contributed by atoms with Crippen molar-refractivity contribution in [2.75, 3.05) is 11.9 Å². The highest BCUT2D eigenvalue weighted by Crippen LogP contribution is 2.23. The van der Waals surface area contributed by atoms with E-state index in [1.807, 2.05) is 0 Å². The first kappa shape index (κ1) is 16.2. The monoisotopic (exact) mass is 297 g/mol. The van der Waals surface area contributed by atoms with Gasteiger partial charge in [0.1, 0.15) is 0 Å². The SMILES string of the molecule is O=C(O)c1ccc(NCCCCC(F)(F)F)c(F)c1F. The van der Waals surface area contributed by atoms with Gasteiger partial charge in [-0.15, -0.1) is 0 Å². The van der Waals surface area contributed by atoms with Crippen LogP contribution in [0.5, 0.6) is 0 Å². The zero-order valence-electron chi connectivity index (χ0n) is 10.2. The molecule has 0 radical (unpaired) electrons. The van der Waals surface area contributed by atoms with E-state index in [1.165, 1.54) is 0 Å². The van der Waals surface area contributed by atoms with E-state index < -0.39 is 35.8 Å². The molecule has 0 amide bonds. The van der Waals surface area contributed by atoms with Gasteiger partial charge in [0.25, 0.3) is 0 Å². The summed E-state index contributed by atoms with van der Waals surface area (Å²) in [6.45, 7) is 0.0266. The quantitative estimate of drug-likeness (QED) is 0.620. The molecule has 0 heterocycles. The fraction of sp³-hybridized carbons (Fsp3) is 0.417. The van der Waals surface area contributed by atoms with Gasteiger partial charge in [0.2, 0.25) is 0 Å². The summed E-state index contributed by atoms with van der Waals surface area (Å²) in [6.07, 6.45) is -5.18. The molecule has 3 nitrogen and oxygen atoms in total. The van der Waals surface area contributed by atoms with Crippen molar-refractivity contribution in [2.45, 2.75) is 25.4 Å². The number of hydrogen-bond acceptors (Lipinski definition) is 2. The van der Waals surface area contributed by atoms with Gasteiger partial charge in [-0.25, -0.2) is 13.6 Å². The second kappa shape index (κ2) is 6.53. The number of alkyl halides is 3. The summed E-state index contributed by atoms with van der Waals surface area (Å²) < 4.78 is 62.3. The molecule has 8 heteroatoms. The molecule has 2 N–H and O–H groups in total. The molecule has 0 fully saturated rings. The van der Waals surface area contributed by atoms with E-state index in [-0.39, 0.29) is 25.1 Å². The second-order valence-corrected chi connectivity index (χ2v) is 4.09. The fourth-order valence-corrected chi connectivity index (χ4v) is 1.52. The average molecular weight is 297 g/mol. The minimum absolute atomic E-state index is 0.0266. The highest BCUT2D eigenvalue weighted by Gasteiger charge is 2.25. The summed E-state index contributed by atoms with van der Waals surface area (Å²) in [5.74, 6) is -4.46. The molecule has 0 unspecified atom stereocenters. The number of rotatable bonds is 6. The second-order valence-electron chi connectivity index (χ2n) is 4.09. The zero-order chi connectivity index (χ0) is 15.3. The van der Waals surface area contributed by atoms with E-state index >= 15 is 0 Å². The Morgan fingerprint density at radius 1 is 1.15 bits per heavy atom. The Morgan fingerprint density at radius 3 is 2.35 bits per heavy atom. The molecule has 0 aromatic heterocycles. The number of carboxylic acid groups (broad SMARTS) is 1. The average Bonchev–Trinajstić information content (AvgIpc) is 2.32. The van der Waals surface area contributed by atoms with Crippen LogP contribution in [0.2, 0.25) is 0 Å². The standard InChI is InChI=1S/C12H12F5NO2/c13-9-7(11(19)20)3-4-8(10(9)14)18-6-2-1-5-12(15,16)17/h3-4,18H,1-2,5-6H2,(H,19,20). The number of benzene rings is 1. The summed E-state index contributed by atoms with van der Waals surface area (Å²) in [4.78, 5) is 10.5. The summed E-state index contributed by atoms with van der Waals surface area (Å²) in [5.41, 5.74) is -1.08. The predicted octanol–water partition coefficient (Wildman–Crippen LogP) is 3.81. The van der Waals surface area contributed by atoms with E-state index in [9.17, 15) is 26.7 Å². The molecule has 0 aliphatic rings. The van der Waals surface area contributed by atoms with Crippen molar-refractivity contribution in [1.82, 2.24) is 0 Å². The lowest BCUT2D eigenvalue weighted by molar-refractivity contribution is -0.135. The van der Waals surface area contributed by atoms with Crippen molar-refractivity contribution in [2.24, 2.45) is 0 Å². The van der Waals surface area contributed by atoms with E-state index in [2.05, 4.69) is 5.32 Å². The first-order chi connectivity index (χ1) is 9.22. The molecule has 0 aliphatic heterocycles. The van der Waals surface area contributed by atoms with Crippen LogP contribution in [-0.2, 0) is 0 Å². The van der Waals surface area contributed by atoms with Crippen molar-refractivity contribution in [3.63, 3.8) is 0 Å². The fourth-order valence-electron chi connectivity index (χ4n) is 1.52. The van der Waals surface area contributed by atoms with Crippen LogP contribution in [0.25, 0.3) is 0 Å². The predicted molar refractivity (Wildman–Crippen MR) is 61.7 cm³/mol. The summed E-state index contributed by atoms with van der Waals surface area (Å²) >= 11 is 0. The zero-order valence-corrected chi connectivity index (χ0v) is 10.2. The molecule has 1 aromatic carbocycles. The van der Waals surface area contributed by atoms with Gasteiger partial charge in [-0.05, 0) is 25.0 Å². The number of anilines is 1. The Kier molecular flexibility index (Phi) is 5.29. The van der Waals surface area contributed by atoms with Gasteiger partial charge in [0.15, 0.2) is 11.6 Å². The summed E-state index contributed by atoms with van der Waals surface area (Å²) in [7, 11) is 0. The lowest BCUT2D eigenvalue weighted by atomic mass is 10.1. The molecule has 20 heavy (non-hydrogen) atoms. The Balaban J connectivity index is 2.53. The lowest BCUT2D eigenvalue weighted by Gasteiger charge is -2.10. The molecule has 112 valence electrons. The molecule has 1 rings (SSSR count). The number of halogens is 5. The molecular formula is C12H12F5NO2. The van der Waals surface area contributed by atoms with Crippen LogP contribution in [0.4, 0.5) is 27.6 Å². The Morgan fingerprint density at radius 2 is 1.80 bits per heavy atom. The first-order valence-corrected chi connectivity index (χ1v) is 5.74. The van der Waals surface area contributed by atoms with Crippen LogP contribution in [0.15, 0.2) is 12.1 Å². The third-order valence-electron chi connectivity index (χ3n) is 2.52. The molecule has 0 bridgehead atoms. The summed E-state index contributed by atoms with van der Waals surface area (Å²) in [5, 5.41) is 11.0. The minimum atomic E-state index is -4.24.